The fraction of sp³-hybridized carbons (Fsp3) is 0.323. The highest BCUT2D eigenvalue weighted by Gasteiger charge is 2.28. The summed E-state index contributed by atoms with van der Waals surface area (Å²) in [5.74, 6) is -1.93. The lowest BCUT2D eigenvalue weighted by Gasteiger charge is -2.19. The Kier molecular flexibility index (Phi) is 9.71. The third-order valence-electron chi connectivity index (χ3n) is 7.52. The number of carboxylic acids is 1. The van der Waals surface area contributed by atoms with Gasteiger partial charge in [0.15, 0.2) is 0 Å². The summed E-state index contributed by atoms with van der Waals surface area (Å²) in [6.45, 7) is 6.28. The van der Waals surface area contributed by atoms with Crippen LogP contribution in [0.5, 0.6) is 0 Å². The van der Waals surface area contributed by atoms with Crippen molar-refractivity contribution in [1.82, 2.24) is 35.8 Å². The van der Waals surface area contributed by atoms with Gasteiger partial charge in [-0.2, -0.15) is 9.82 Å². The first kappa shape index (κ1) is 31.3. The van der Waals surface area contributed by atoms with Crippen molar-refractivity contribution < 1.29 is 23.1 Å². The zero-order chi connectivity index (χ0) is 31.3. The van der Waals surface area contributed by atoms with Crippen LogP contribution in [-0.2, 0) is 21.4 Å². The molecule has 1 amide bonds. The lowest BCUT2D eigenvalue weighted by molar-refractivity contribution is -0.138. The first-order valence-electron chi connectivity index (χ1n) is 14.5. The second-order valence-corrected chi connectivity index (χ2v) is 12.5. The van der Waals surface area contributed by atoms with Crippen LogP contribution in [0.4, 0.5) is 0 Å². The Morgan fingerprint density at radius 2 is 1.73 bits per heavy atom. The van der Waals surface area contributed by atoms with Gasteiger partial charge in [0.1, 0.15) is 12.3 Å². The molecule has 1 saturated heterocycles. The van der Waals surface area contributed by atoms with Gasteiger partial charge in [-0.3, -0.25) is 30.2 Å². The second kappa shape index (κ2) is 13.7. The molecule has 1 unspecified atom stereocenters. The summed E-state index contributed by atoms with van der Waals surface area (Å²) >= 11 is 0. The van der Waals surface area contributed by atoms with E-state index in [2.05, 4.69) is 31.1 Å². The van der Waals surface area contributed by atoms with Crippen molar-refractivity contribution >= 4 is 32.8 Å². The normalized spacial score (nSPS) is 14.6. The molecule has 13 heteroatoms. The number of carbonyl (C=O) groups is 2. The number of benzene rings is 3. The first-order valence-corrected chi connectivity index (χ1v) is 16.0. The van der Waals surface area contributed by atoms with Gasteiger partial charge in [0.2, 0.25) is 10.0 Å². The van der Waals surface area contributed by atoms with Crippen molar-refractivity contribution in [3.63, 3.8) is 0 Å². The van der Waals surface area contributed by atoms with Gasteiger partial charge in [-0.1, -0.05) is 42.5 Å². The molecular weight excluding hydrogens is 582 g/mol. The number of amides is 1. The third kappa shape index (κ3) is 7.31. The van der Waals surface area contributed by atoms with E-state index in [0.717, 1.165) is 48.1 Å². The summed E-state index contributed by atoms with van der Waals surface area (Å²) in [5.41, 5.74) is 3.95. The molecule has 232 valence electrons. The van der Waals surface area contributed by atoms with Crippen molar-refractivity contribution in [2.45, 2.75) is 44.0 Å². The average Bonchev–Trinajstić information content (AvgIpc) is 3.67. The van der Waals surface area contributed by atoms with Gasteiger partial charge in [0, 0.05) is 37.1 Å². The number of aliphatic carboxylic acids is 1. The molecular formula is C31H37N7O5S. The summed E-state index contributed by atoms with van der Waals surface area (Å²) in [7, 11) is -4.22. The minimum absolute atomic E-state index is 0.0138. The molecule has 1 aliphatic rings. The Morgan fingerprint density at radius 1 is 1.02 bits per heavy atom. The van der Waals surface area contributed by atoms with E-state index in [-0.39, 0.29) is 11.2 Å². The Bertz CT molecular complexity index is 1730. The van der Waals surface area contributed by atoms with Crippen molar-refractivity contribution in [3.05, 3.63) is 83.6 Å². The molecule has 0 spiro atoms. The molecule has 44 heavy (non-hydrogen) atoms. The lowest BCUT2D eigenvalue weighted by atomic mass is 10.0. The number of nitrogens with zero attached hydrogens (tertiary/aromatic N) is 2. The quantitative estimate of drug-likeness (QED) is 0.123. The maximum atomic E-state index is 13.4. The van der Waals surface area contributed by atoms with Gasteiger partial charge in [0.05, 0.1) is 16.6 Å². The monoisotopic (exact) mass is 619 g/mol. The summed E-state index contributed by atoms with van der Waals surface area (Å²) in [4.78, 5) is 25.0. The highest BCUT2D eigenvalue weighted by atomic mass is 32.2. The van der Waals surface area contributed by atoms with Crippen LogP contribution < -0.4 is 26.0 Å². The van der Waals surface area contributed by atoms with Crippen LogP contribution in [-0.4, -0.2) is 73.7 Å². The standard InChI is InChI=1S/C31H37N7O5S/c1-20-15-24(22-7-4-3-5-8-22)16-21(2)28(20)44(42,43)37-26(30(40)41)19-35-29(39)23-9-10-27-25(17-23)18-36-38(27)14-6-11-32-31-33-12-13-34-31/h3-5,7-10,15-18,26,31-34,37H,6,11-14,19H2,1-2H3,(H,35,39)(H,40,41). The molecule has 1 atom stereocenters. The van der Waals surface area contributed by atoms with E-state index in [1.165, 1.54) is 0 Å². The zero-order valence-electron chi connectivity index (χ0n) is 24.6. The molecule has 4 aromatic rings. The molecule has 0 radical (unpaired) electrons. The van der Waals surface area contributed by atoms with Gasteiger partial charge in [-0.25, -0.2) is 8.42 Å². The molecule has 1 aromatic heterocycles. The molecule has 12 nitrogen and oxygen atoms in total. The maximum Gasteiger partial charge on any atom is 0.323 e. The highest BCUT2D eigenvalue weighted by molar-refractivity contribution is 7.89. The molecule has 0 saturated carbocycles. The van der Waals surface area contributed by atoms with Crippen LogP contribution in [0.1, 0.15) is 27.9 Å². The third-order valence-corrected chi connectivity index (χ3v) is 9.30. The predicted molar refractivity (Wildman–Crippen MR) is 168 cm³/mol. The number of carbonyl (C=O) groups excluding carboxylic acids is 1. The predicted octanol–water partition coefficient (Wildman–Crippen LogP) is 1.94. The lowest BCUT2D eigenvalue weighted by Crippen LogP contribution is -2.48. The van der Waals surface area contributed by atoms with Crippen molar-refractivity contribution in [2.75, 3.05) is 26.2 Å². The van der Waals surface area contributed by atoms with E-state index in [1.807, 2.05) is 35.0 Å². The summed E-state index contributed by atoms with van der Waals surface area (Å²) in [6.07, 6.45) is 2.67. The van der Waals surface area contributed by atoms with Crippen LogP contribution in [0, 0.1) is 13.8 Å². The molecule has 1 fully saturated rings. The zero-order valence-corrected chi connectivity index (χ0v) is 25.4. The van der Waals surface area contributed by atoms with Gasteiger partial charge < -0.3 is 10.4 Å². The number of aromatic nitrogens is 2. The Hall–Kier alpha value is -4.14. The molecule has 3 aromatic carbocycles. The molecule has 0 bridgehead atoms. The first-order chi connectivity index (χ1) is 21.1. The molecule has 5 rings (SSSR count). The molecule has 6 N–H and O–H groups in total. The van der Waals surface area contributed by atoms with Gasteiger partial charge in [-0.15, -0.1) is 0 Å². The largest absolute Gasteiger partial charge is 0.480 e. The topological polar surface area (TPSA) is 166 Å². The van der Waals surface area contributed by atoms with Crippen LogP contribution >= 0.6 is 0 Å². The van der Waals surface area contributed by atoms with Crippen LogP contribution in [0.15, 0.2) is 71.8 Å². The number of hydrogen-bond donors (Lipinski definition) is 6. The SMILES string of the molecule is Cc1cc(-c2ccccc2)cc(C)c1S(=O)(=O)NC(CNC(=O)c1ccc2c(cnn2CCCNC2NCCN2)c1)C(=O)O. The van der Waals surface area contributed by atoms with E-state index in [0.29, 0.717) is 23.2 Å². The molecule has 0 aliphatic carbocycles. The minimum atomic E-state index is -4.22. The molecule has 1 aliphatic heterocycles. The number of carboxylic acid groups (broad SMARTS) is 1. The maximum absolute atomic E-state index is 13.4. The minimum Gasteiger partial charge on any atom is -0.480 e. The summed E-state index contributed by atoms with van der Waals surface area (Å²) in [6, 6.07) is 16.6. The Balaban J connectivity index is 1.21. The number of fused-ring (bicyclic) bond motifs is 1. The van der Waals surface area contributed by atoms with Crippen molar-refractivity contribution in [3.8, 4) is 11.1 Å². The van der Waals surface area contributed by atoms with Crippen LogP contribution in [0.25, 0.3) is 22.0 Å². The number of nitrogens with one attached hydrogen (secondary N) is 5. The average molecular weight is 620 g/mol. The summed E-state index contributed by atoms with van der Waals surface area (Å²) < 4.78 is 30.8. The fourth-order valence-corrected chi connectivity index (χ4v) is 7.07. The second-order valence-electron chi connectivity index (χ2n) is 10.8. The Labute approximate surface area is 256 Å². The van der Waals surface area contributed by atoms with Gasteiger partial charge >= 0.3 is 5.97 Å². The van der Waals surface area contributed by atoms with Gasteiger partial charge in [0.25, 0.3) is 5.91 Å². The Morgan fingerprint density at radius 3 is 2.41 bits per heavy atom. The van der Waals surface area contributed by atoms with E-state index < -0.39 is 34.5 Å². The number of aryl methyl sites for hydroxylation is 3. The van der Waals surface area contributed by atoms with Crippen molar-refractivity contribution in [1.29, 1.82) is 0 Å². The van der Waals surface area contributed by atoms with Crippen LogP contribution in [0.2, 0.25) is 0 Å². The van der Waals surface area contributed by atoms with E-state index in [4.69, 9.17) is 0 Å². The smallest absolute Gasteiger partial charge is 0.323 e. The number of sulfonamides is 1. The summed E-state index contributed by atoms with van der Waals surface area (Å²) in [5, 5.41) is 27.5. The van der Waals surface area contributed by atoms with E-state index >= 15 is 0 Å². The van der Waals surface area contributed by atoms with Crippen molar-refractivity contribution in [2.24, 2.45) is 0 Å². The van der Waals surface area contributed by atoms with Gasteiger partial charge in [-0.05, 0) is 67.3 Å². The number of hydrogen-bond acceptors (Lipinski definition) is 8. The van der Waals surface area contributed by atoms with E-state index in [9.17, 15) is 23.1 Å². The molecule has 2 heterocycles. The highest BCUT2D eigenvalue weighted by Crippen LogP contribution is 2.28. The fourth-order valence-electron chi connectivity index (χ4n) is 5.43. The number of rotatable bonds is 13. The van der Waals surface area contributed by atoms with Crippen LogP contribution in [0.3, 0.4) is 0 Å². The van der Waals surface area contributed by atoms with E-state index in [1.54, 1.807) is 50.4 Å².